The van der Waals surface area contributed by atoms with E-state index in [1.807, 2.05) is 0 Å². The molecule has 0 aromatic rings. The summed E-state index contributed by atoms with van der Waals surface area (Å²) in [5.74, 6) is 0. The second kappa shape index (κ2) is 2.49. The minimum absolute atomic E-state index is 0.888. The average Bonchev–Trinajstić information content (AvgIpc) is 1.64. The van der Waals surface area contributed by atoms with Crippen molar-refractivity contribution in [3.05, 3.63) is 0 Å². The third-order valence-electron chi connectivity index (χ3n) is 1.98. The van der Waals surface area contributed by atoms with E-state index in [0.29, 0.717) is 0 Å². The Morgan fingerprint density at radius 2 is 1.62 bits per heavy atom. The predicted molar refractivity (Wildman–Crippen MR) is 34.7 cm³/mol. The molecule has 0 aromatic carbocycles. The largest absolute Gasteiger partial charge is 0.342 e. The van der Waals surface area contributed by atoms with Crippen molar-refractivity contribution < 1.29 is 5.32 Å². The monoisotopic (exact) mass is 114 g/mol. The van der Waals surface area contributed by atoms with Crippen LogP contribution in [0.3, 0.4) is 0 Å². The SMILES string of the molecule is C[C@@H]1CCC[C@H](C)[NH2+]1. The maximum Gasteiger partial charge on any atom is 0.0832 e. The Balaban J connectivity index is 2.23. The molecule has 8 heavy (non-hydrogen) atoms. The number of nitrogens with two attached hydrogens (primary N) is 1. The van der Waals surface area contributed by atoms with E-state index in [9.17, 15) is 0 Å². The summed E-state index contributed by atoms with van der Waals surface area (Å²) in [4.78, 5) is 0. The minimum atomic E-state index is 0.888. The number of hydrogen-bond donors (Lipinski definition) is 1. The Morgan fingerprint density at radius 1 is 1.12 bits per heavy atom. The molecule has 2 atom stereocenters. The Hall–Kier alpha value is -0.0400. The van der Waals surface area contributed by atoms with Gasteiger partial charge in [0.2, 0.25) is 0 Å². The normalized spacial score (nSPS) is 39.8. The number of quaternary nitrogens is 1. The van der Waals surface area contributed by atoms with Gasteiger partial charge in [-0.3, -0.25) is 0 Å². The van der Waals surface area contributed by atoms with E-state index in [2.05, 4.69) is 19.2 Å². The summed E-state index contributed by atoms with van der Waals surface area (Å²) in [7, 11) is 0. The molecule has 1 fully saturated rings. The first kappa shape index (κ1) is 6.09. The molecule has 2 N–H and O–H groups in total. The molecule has 0 unspecified atom stereocenters. The minimum Gasteiger partial charge on any atom is -0.342 e. The molecule has 0 saturated carbocycles. The molecule has 1 aliphatic rings. The number of hydrogen-bond acceptors (Lipinski definition) is 0. The molecular weight excluding hydrogens is 98.1 g/mol. The summed E-state index contributed by atoms with van der Waals surface area (Å²) >= 11 is 0. The fraction of sp³-hybridized carbons (Fsp3) is 1.00. The molecule has 0 amide bonds. The van der Waals surface area contributed by atoms with E-state index in [0.717, 1.165) is 12.1 Å². The number of piperidine rings is 1. The fourth-order valence-corrected chi connectivity index (χ4v) is 1.52. The van der Waals surface area contributed by atoms with Crippen molar-refractivity contribution in [3.63, 3.8) is 0 Å². The smallest absolute Gasteiger partial charge is 0.0832 e. The van der Waals surface area contributed by atoms with Crippen molar-refractivity contribution >= 4 is 0 Å². The summed E-state index contributed by atoms with van der Waals surface area (Å²) in [6, 6.07) is 1.78. The maximum atomic E-state index is 2.48. The van der Waals surface area contributed by atoms with E-state index >= 15 is 0 Å². The van der Waals surface area contributed by atoms with Crippen LogP contribution in [-0.2, 0) is 0 Å². The van der Waals surface area contributed by atoms with Crippen molar-refractivity contribution in [2.24, 2.45) is 0 Å². The number of rotatable bonds is 0. The van der Waals surface area contributed by atoms with Gasteiger partial charge in [-0.15, -0.1) is 0 Å². The van der Waals surface area contributed by atoms with Crippen LogP contribution in [0, 0.1) is 0 Å². The van der Waals surface area contributed by atoms with Crippen LogP contribution in [0.4, 0.5) is 0 Å². The highest BCUT2D eigenvalue weighted by Gasteiger charge is 2.16. The van der Waals surface area contributed by atoms with E-state index < -0.39 is 0 Å². The highest BCUT2D eigenvalue weighted by Crippen LogP contribution is 2.04. The lowest BCUT2D eigenvalue weighted by Crippen LogP contribution is -2.95. The molecule has 1 aliphatic heterocycles. The van der Waals surface area contributed by atoms with Gasteiger partial charge in [0, 0.05) is 0 Å². The molecule has 0 bridgehead atoms. The molecule has 1 heteroatoms. The molecule has 1 nitrogen and oxygen atoms in total. The van der Waals surface area contributed by atoms with Crippen molar-refractivity contribution in [2.75, 3.05) is 0 Å². The molecule has 1 rings (SSSR count). The summed E-state index contributed by atoms with van der Waals surface area (Å²) in [6.07, 6.45) is 4.29. The first-order valence-corrected chi connectivity index (χ1v) is 3.64. The molecular formula is C7H16N+. The molecule has 1 saturated heterocycles. The lowest BCUT2D eigenvalue weighted by atomic mass is 10.0. The van der Waals surface area contributed by atoms with E-state index in [1.54, 1.807) is 0 Å². The van der Waals surface area contributed by atoms with Gasteiger partial charge in [-0.2, -0.15) is 0 Å². The standard InChI is InChI=1S/C7H15N/c1-6-4-3-5-7(2)8-6/h6-8H,3-5H2,1-2H3/p+1/t6-,7+. The van der Waals surface area contributed by atoms with Crippen LogP contribution in [0.1, 0.15) is 33.1 Å². The summed E-state index contributed by atoms with van der Waals surface area (Å²) in [5, 5.41) is 2.48. The molecule has 0 radical (unpaired) electrons. The maximum absolute atomic E-state index is 2.48. The molecule has 0 aromatic heterocycles. The molecule has 0 aliphatic carbocycles. The Kier molecular flexibility index (Phi) is 1.90. The summed E-state index contributed by atoms with van der Waals surface area (Å²) in [5.41, 5.74) is 0. The van der Waals surface area contributed by atoms with Gasteiger partial charge in [-0.25, -0.2) is 0 Å². The van der Waals surface area contributed by atoms with Crippen molar-refractivity contribution in [1.29, 1.82) is 0 Å². The molecule has 0 spiro atoms. The van der Waals surface area contributed by atoms with Crippen molar-refractivity contribution in [3.8, 4) is 0 Å². The zero-order valence-electron chi connectivity index (χ0n) is 5.85. The van der Waals surface area contributed by atoms with E-state index in [-0.39, 0.29) is 0 Å². The lowest BCUT2D eigenvalue weighted by Gasteiger charge is -2.21. The van der Waals surface area contributed by atoms with Gasteiger partial charge in [-0.05, 0) is 33.1 Å². The Bertz CT molecular complexity index is 62.8. The van der Waals surface area contributed by atoms with Gasteiger partial charge in [0.05, 0.1) is 12.1 Å². The average molecular weight is 114 g/mol. The van der Waals surface area contributed by atoms with Gasteiger partial charge >= 0.3 is 0 Å². The highest BCUT2D eigenvalue weighted by molar-refractivity contribution is 4.57. The molecule has 1 heterocycles. The lowest BCUT2D eigenvalue weighted by molar-refractivity contribution is -0.723. The van der Waals surface area contributed by atoms with Gasteiger partial charge in [-0.1, -0.05) is 0 Å². The topological polar surface area (TPSA) is 16.6 Å². The van der Waals surface area contributed by atoms with Crippen molar-refractivity contribution in [2.45, 2.75) is 45.2 Å². The van der Waals surface area contributed by atoms with Gasteiger partial charge in [0.15, 0.2) is 0 Å². The van der Waals surface area contributed by atoms with E-state index in [1.165, 1.54) is 19.3 Å². The van der Waals surface area contributed by atoms with Crippen LogP contribution >= 0.6 is 0 Å². The fourth-order valence-electron chi connectivity index (χ4n) is 1.52. The van der Waals surface area contributed by atoms with Crippen LogP contribution < -0.4 is 5.32 Å². The van der Waals surface area contributed by atoms with Crippen LogP contribution in [-0.4, -0.2) is 12.1 Å². The third kappa shape index (κ3) is 1.48. The van der Waals surface area contributed by atoms with Crippen LogP contribution in [0.5, 0.6) is 0 Å². The second-order valence-electron chi connectivity index (χ2n) is 3.08. The molecule has 48 valence electrons. The summed E-state index contributed by atoms with van der Waals surface area (Å²) in [6.45, 7) is 4.63. The quantitative estimate of drug-likeness (QED) is 0.472. The third-order valence-corrected chi connectivity index (χ3v) is 1.98. The van der Waals surface area contributed by atoms with Crippen molar-refractivity contribution in [1.82, 2.24) is 0 Å². The predicted octanol–water partition coefficient (Wildman–Crippen LogP) is 0.511. The van der Waals surface area contributed by atoms with Crippen LogP contribution in [0.25, 0.3) is 0 Å². The van der Waals surface area contributed by atoms with Gasteiger partial charge in [0.25, 0.3) is 0 Å². The zero-order valence-corrected chi connectivity index (χ0v) is 5.85. The highest BCUT2D eigenvalue weighted by atomic mass is 14.9. The first-order valence-electron chi connectivity index (χ1n) is 3.64. The van der Waals surface area contributed by atoms with Gasteiger partial charge in [0.1, 0.15) is 0 Å². The zero-order chi connectivity index (χ0) is 5.98. The van der Waals surface area contributed by atoms with Gasteiger partial charge < -0.3 is 5.32 Å². The van der Waals surface area contributed by atoms with Crippen LogP contribution in [0.15, 0.2) is 0 Å². The Labute approximate surface area is 51.5 Å². The first-order chi connectivity index (χ1) is 3.79. The van der Waals surface area contributed by atoms with Crippen LogP contribution in [0.2, 0.25) is 0 Å². The second-order valence-corrected chi connectivity index (χ2v) is 3.08. The summed E-state index contributed by atoms with van der Waals surface area (Å²) < 4.78 is 0. The van der Waals surface area contributed by atoms with E-state index in [4.69, 9.17) is 0 Å². The Morgan fingerprint density at radius 3 is 1.88 bits per heavy atom.